The van der Waals surface area contributed by atoms with E-state index in [0.29, 0.717) is 22.9 Å². The van der Waals surface area contributed by atoms with E-state index in [-0.39, 0.29) is 25.2 Å². The van der Waals surface area contributed by atoms with Crippen molar-refractivity contribution in [2.45, 2.75) is 25.4 Å². The number of carbonyl (C=O) groups is 3. The number of halogens is 3. The predicted octanol–water partition coefficient (Wildman–Crippen LogP) is 5.80. The number of hydrogen-bond donors (Lipinski definition) is 2. The quantitative estimate of drug-likeness (QED) is 0.304. The molecule has 2 N–H and O–H groups in total. The smallest absolute Gasteiger partial charge is 0.418 e. The summed E-state index contributed by atoms with van der Waals surface area (Å²) < 4.78 is 54.6. The van der Waals surface area contributed by atoms with Crippen LogP contribution < -0.4 is 20.1 Å². The highest BCUT2D eigenvalue weighted by Gasteiger charge is 2.33. The van der Waals surface area contributed by atoms with Gasteiger partial charge in [0.15, 0.2) is 6.61 Å². The normalized spacial score (nSPS) is 10.8. The molecule has 0 aliphatic heterocycles. The molecule has 0 atom stereocenters. The molecule has 0 unspecified atom stereocenters. The fourth-order valence-electron chi connectivity index (χ4n) is 3.25. The Morgan fingerprint density at radius 1 is 0.763 bits per heavy atom. The second-order valence-corrected chi connectivity index (χ2v) is 7.96. The summed E-state index contributed by atoms with van der Waals surface area (Å²) in [7, 11) is 1.57. The SMILES string of the molecule is COc1ccc(Oc2ccc(NC(=O)CCCC(=O)OCC(=O)Nc3ccccc3C(F)(F)F)cc2)cc1. The number of amides is 2. The number of rotatable bonds is 11. The Morgan fingerprint density at radius 2 is 1.37 bits per heavy atom. The van der Waals surface area contributed by atoms with Crippen LogP contribution >= 0.6 is 0 Å². The lowest BCUT2D eigenvalue weighted by Gasteiger charge is -2.13. The maximum Gasteiger partial charge on any atom is 0.418 e. The van der Waals surface area contributed by atoms with E-state index >= 15 is 0 Å². The van der Waals surface area contributed by atoms with Gasteiger partial charge in [0.05, 0.1) is 18.4 Å². The molecule has 0 spiro atoms. The average Bonchev–Trinajstić information content (AvgIpc) is 2.89. The molecule has 0 aliphatic rings. The van der Waals surface area contributed by atoms with Gasteiger partial charge < -0.3 is 24.8 Å². The number of nitrogens with one attached hydrogen (secondary N) is 2. The maximum atomic E-state index is 13.0. The number of alkyl halides is 3. The molecule has 0 saturated heterocycles. The predicted molar refractivity (Wildman–Crippen MR) is 133 cm³/mol. The van der Waals surface area contributed by atoms with Crippen LogP contribution in [0.2, 0.25) is 0 Å². The molecule has 0 aliphatic carbocycles. The number of ether oxygens (including phenoxy) is 3. The number of hydrogen-bond acceptors (Lipinski definition) is 6. The lowest BCUT2D eigenvalue weighted by atomic mass is 10.1. The van der Waals surface area contributed by atoms with Crippen molar-refractivity contribution in [2.24, 2.45) is 0 Å². The van der Waals surface area contributed by atoms with Crippen LogP contribution in [-0.4, -0.2) is 31.5 Å². The average molecular weight is 530 g/mol. The third kappa shape index (κ3) is 8.84. The van der Waals surface area contributed by atoms with Crippen molar-refractivity contribution in [3.63, 3.8) is 0 Å². The zero-order valence-corrected chi connectivity index (χ0v) is 20.3. The number of methoxy groups -OCH3 is 1. The van der Waals surface area contributed by atoms with Gasteiger partial charge >= 0.3 is 12.1 Å². The number of para-hydroxylation sites is 1. The topological polar surface area (TPSA) is 103 Å². The summed E-state index contributed by atoms with van der Waals surface area (Å²) in [6, 6.07) is 18.2. The number of carbonyl (C=O) groups excluding carboxylic acids is 3. The van der Waals surface area contributed by atoms with Crippen molar-refractivity contribution in [3.8, 4) is 17.2 Å². The number of benzene rings is 3. The highest BCUT2D eigenvalue weighted by molar-refractivity contribution is 5.94. The van der Waals surface area contributed by atoms with E-state index in [1.807, 2.05) is 0 Å². The lowest BCUT2D eigenvalue weighted by Crippen LogP contribution is -2.22. The molecular formula is C27H25F3N2O6. The third-order valence-corrected chi connectivity index (χ3v) is 5.09. The van der Waals surface area contributed by atoms with E-state index in [4.69, 9.17) is 14.2 Å². The van der Waals surface area contributed by atoms with Crippen molar-refractivity contribution in [1.82, 2.24) is 0 Å². The van der Waals surface area contributed by atoms with Crippen molar-refractivity contribution >= 4 is 29.2 Å². The highest BCUT2D eigenvalue weighted by atomic mass is 19.4. The first-order valence-electron chi connectivity index (χ1n) is 11.5. The van der Waals surface area contributed by atoms with Crippen LogP contribution in [0.1, 0.15) is 24.8 Å². The highest BCUT2D eigenvalue weighted by Crippen LogP contribution is 2.34. The van der Waals surface area contributed by atoms with Gasteiger partial charge in [-0.2, -0.15) is 13.2 Å². The first-order chi connectivity index (χ1) is 18.1. The van der Waals surface area contributed by atoms with Gasteiger partial charge in [-0.15, -0.1) is 0 Å². The molecule has 0 heterocycles. The van der Waals surface area contributed by atoms with E-state index < -0.39 is 35.9 Å². The molecule has 0 saturated carbocycles. The van der Waals surface area contributed by atoms with Crippen LogP contribution in [0, 0.1) is 0 Å². The standard InChI is InChI=1S/C27H25F3N2O6/c1-36-19-13-15-21(16-14-19)38-20-11-9-18(10-12-20)31-24(33)7-4-8-26(35)37-17-25(34)32-23-6-3-2-5-22(23)27(28,29)30/h2-3,5-6,9-16H,4,7-8,17H2,1H3,(H,31,33)(H,32,34). The van der Waals surface area contributed by atoms with Gasteiger partial charge in [-0.05, 0) is 67.1 Å². The second kappa shape index (κ2) is 13.1. The molecule has 3 aromatic carbocycles. The first-order valence-corrected chi connectivity index (χ1v) is 11.5. The summed E-state index contributed by atoms with van der Waals surface area (Å²) in [6.45, 7) is -0.748. The minimum absolute atomic E-state index is 0.0182. The summed E-state index contributed by atoms with van der Waals surface area (Å²) in [4.78, 5) is 35.9. The van der Waals surface area contributed by atoms with E-state index in [2.05, 4.69) is 10.6 Å². The molecule has 11 heteroatoms. The van der Waals surface area contributed by atoms with Crippen molar-refractivity contribution in [3.05, 3.63) is 78.4 Å². The minimum Gasteiger partial charge on any atom is -0.497 e. The van der Waals surface area contributed by atoms with E-state index in [9.17, 15) is 27.6 Å². The van der Waals surface area contributed by atoms with Crippen LogP contribution in [-0.2, 0) is 25.3 Å². The van der Waals surface area contributed by atoms with Crippen LogP contribution in [0.5, 0.6) is 17.2 Å². The molecule has 0 radical (unpaired) electrons. The fraction of sp³-hybridized carbons (Fsp3) is 0.222. The Labute approximate surface area is 216 Å². The molecule has 2 amide bonds. The zero-order valence-electron chi connectivity index (χ0n) is 20.3. The molecule has 0 aromatic heterocycles. The van der Waals surface area contributed by atoms with E-state index in [0.717, 1.165) is 12.1 Å². The minimum atomic E-state index is -4.64. The van der Waals surface area contributed by atoms with E-state index in [1.54, 1.807) is 55.6 Å². The Kier molecular flexibility index (Phi) is 9.69. The molecule has 0 fully saturated rings. The van der Waals surface area contributed by atoms with Gasteiger partial charge in [0.1, 0.15) is 17.2 Å². The van der Waals surface area contributed by atoms with Gasteiger partial charge in [-0.1, -0.05) is 12.1 Å². The Morgan fingerprint density at radius 3 is 2.00 bits per heavy atom. The molecule has 3 aromatic rings. The van der Waals surface area contributed by atoms with Gasteiger partial charge in [0, 0.05) is 18.5 Å². The number of anilines is 2. The largest absolute Gasteiger partial charge is 0.497 e. The van der Waals surface area contributed by atoms with Crippen LogP contribution in [0.3, 0.4) is 0 Å². The molecule has 38 heavy (non-hydrogen) atoms. The molecule has 3 rings (SSSR count). The van der Waals surface area contributed by atoms with Crippen molar-refractivity contribution < 1.29 is 41.8 Å². The van der Waals surface area contributed by atoms with Gasteiger partial charge in [-0.25, -0.2) is 0 Å². The summed E-state index contributed by atoms with van der Waals surface area (Å²) in [5.41, 5.74) is -0.904. The van der Waals surface area contributed by atoms with Crippen molar-refractivity contribution in [1.29, 1.82) is 0 Å². The zero-order chi connectivity index (χ0) is 27.5. The van der Waals surface area contributed by atoms with Gasteiger partial charge in [0.25, 0.3) is 5.91 Å². The first kappa shape index (κ1) is 28.0. The summed E-state index contributed by atoms with van der Waals surface area (Å²) in [5, 5.41) is 4.78. The Balaban J connectivity index is 1.35. The van der Waals surface area contributed by atoms with Crippen LogP contribution in [0.15, 0.2) is 72.8 Å². The molecular weight excluding hydrogens is 505 g/mol. The van der Waals surface area contributed by atoms with Crippen molar-refractivity contribution in [2.75, 3.05) is 24.4 Å². The number of esters is 1. The molecule has 0 bridgehead atoms. The van der Waals surface area contributed by atoms with Gasteiger partial charge in [-0.3, -0.25) is 14.4 Å². The Bertz CT molecular complexity index is 1240. The third-order valence-electron chi connectivity index (χ3n) is 5.09. The monoisotopic (exact) mass is 530 g/mol. The second-order valence-electron chi connectivity index (χ2n) is 7.96. The maximum absolute atomic E-state index is 13.0. The fourth-order valence-corrected chi connectivity index (χ4v) is 3.25. The van der Waals surface area contributed by atoms with E-state index in [1.165, 1.54) is 12.1 Å². The summed E-state index contributed by atoms with van der Waals surface area (Å²) in [5.74, 6) is -0.0903. The van der Waals surface area contributed by atoms with Crippen LogP contribution in [0.4, 0.5) is 24.5 Å². The van der Waals surface area contributed by atoms with Gasteiger partial charge in [0.2, 0.25) is 5.91 Å². The molecule has 8 nitrogen and oxygen atoms in total. The molecule has 200 valence electrons. The Hall–Kier alpha value is -4.54. The summed E-state index contributed by atoms with van der Waals surface area (Å²) in [6.07, 6.45) is -4.62. The lowest BCUT2D eigenvalue weighted by molar-refractivity contribution is -0.147. The summed E-state index contributed by atoms with van der Waals surface area (Å²) >= 11 is 0. The van der Waals surface area contributed by atoms with Crippen LogP contribution in [0.25, 0.3) is 0 Å².